The van der Waals surface area contributed by atoms with Crippen LogP contribution in [0.4, 0.5) is 0 Å². The van der Waals surface area contributed by atoms with Crippen LogP contribution < -0.4 is 0 Å². The molecule has 0 aliphatic heterocycles. The molecule has 0 rings (SSSR count). The molecule has 13 heteroatoms. The highest BCUT2D eigenvalue weighted by Crippen LogP contribution is 2.20. The van der Waals surface area contributed by atoms with Crippen molar-refractivity contribution < 1.29 is 46.8 Å². The van der Waals surface area contributed by atoms with Crippen molar-refractivity contribution in [3.05, 3.63) is 0 Å². The Kier molecular flexibility index (Phi) is 6.22. The Balaban J connectivity index is 4.86. The van der Waals surface area contributed by atoms with E-state index in [9.17, 15) is 18.0 Å². The zero-order valence-corrected chi connectivity index (χ0v) is 12.3. The smallest absolute Gasteiger partial charge is 0.392 e. The van der Waals surface area contributed by atoms with Crippen LogP contribution in [0.1, 0.15) is 0 Å². The van der Waals surface area contributed by atoms with Crippen LogP contribution in [0.15, 0.2) is 0 Å². The Morgan fingerprint density at radius 3 is 1.42 bits per heavy atom. The molecule has 0 spiro atoms. The fraction of sp³-hybridized carbons (Fsp3) is 0.667. The second-order valence-corrected chi connectivity index (χ2v) is 6.37. The first kappa shape index (κ1) is 18.6. The van der Waals surface area contributed by atoms with E-state index in [-0.39, 0.29) is 0 Å². The van der Waals surface area contributed by atoms with Gasteiger partial charge in [-0.1, -0.05) is 18.5 Å². The van der Waals surface area contributed by atoms with Crippen LogP contribution in [-0.4, -0.2) is 64.7 Å². The predicted octanol–water partition coefficient (Wildman–Crippen LogP) is -3.57. The molecule has 19 heavy (non-hydrogen) atoms. The van der Waals surface area contributed by atoms with E-state index < -0.39 is 46.2 Å². The first-order valence-corrected chi connectivity index (χ1v) is 6.84. The molecule has 0 bridgehead atoms. The third-order valence-electron chi connectivity index (χ3n) is 1.54. The molecule has 0 saturated carbocycles. The Bertz CT molecular complexity index is 419. The first-order chi connectivity index (χ1) is 8.38. The molecular weight excluding hydrogens is 326 g/mol. The fourth-order valence-electron chi connectivity index (χ4n) is 0.476. The Labute approximate surface area is 112 Å². The second kappa shape index (κ2) is 6.36. The maximum atomic E-state index is 11.1. The lowest BCUT2D eigenvalue weighted by atomic mass is 10.4. The maximum absolute atomic E-state index is 11.1. The number of rotatable bonds is 6. The zero-order chi connectivity index (χ0) is 15.5. The fourth-order valence-corrected chi connectivity index (χ4v) is 1.46. The van der Waals surface area contributed by atoms with Gasteiger partial charge in [0.15, 0.2) is 10.7 Å². The average Bonchev–Trinajstić information content (AvgIpc) is 2.27. The van der Waals surface area contributed by atoms with E-state index in [1.54, 1.807) is 0 Å². The van der Waals surface area contributed by atoms with E-state index in [1.807, 2.05) is 0 Å². The first-order valence-electron chi connectivity index (χ1n) is 4.35. The van der Waals surface area contributed by atoms with Gasteiger partial charge in [-0.2, -0.15) is 0 Å². The molecule has 0 aromatic heterocycles. The lowest BCUT2D eigenvalue weighted by Crippen LogP contribution is -2.42. The number of carbonyl (C=O) groups is 2. The van der Waals surface area contributed by atoms with Crippen LogP contribution in [0.5, 0.6) is 0 Å². The molecule has 0 aromatic rings. The van der Waals surface area contributed by atoms with Crippen LogP contribution in [0.2, 0.25) is 0 Å². The quantitative estimate of drug-likeness (QED) is 0.356. The van der Waals surface area contributed by atoms with E-state index in [0.29, 0.717) is 0 Å². The monoisotopic (exact) mass is 338 g/mol. The molecular formula is C6H12O10P2S. The normalized spacial score (nSPS) is 18.0. The van der Waals surface area contributed by atoms with Gasteiger partial charge >= 0.3 is 22.3 Å². The molecule has 0 saturated heterocycles. The van der Waals surface area contributed by atoms with Crippen molar-refractivity contribution in [3.63, 3.8) is 0 Å². The molecule has 4 atom stereocenters. The lowest BCUT2D eigenvalue weighted by molar-refractivity contribution is -0.153. The Morgan fingerprint density at radius 1 is 0.947 bits per heavy atom. The molecule has 0 heterocycles. The minimum absolute atomic E-state index is 1.18. The summed E-state index contributed by atoms with van der Waals surface area (Å²) in [5.41, 5.74) is 0. The Morgan fingerprint density at radius 2 is 1.21 bits per heavy atom. The van der Waals surface area contributed by atoms with Crippen LogP contribution >= 0.6 is 18.5 Å². The molecule has 4 N–H and O–H groups in total. The van der Waals surface area contributed by atoms with Gasteiger partial charge in [0.25, 0.3) is 0 Å². The minimum Gasteiger partial charge on any atom is -0.392 e. The highest BCUT2D eigenvalue weighted by atomic mass is 32.3. The molecule has 0 aliphatic rings. The molecule has 10 nitrogen and oxygen atoms in total. The number of aliphatic hydroxyl groups excluding tert-OH is 2. The number of carbonyl (C=O) groups excluding carboxylic acids is 2. The highest BCUT2D eigenvalue weighted by molar-refractivity contribution is 7.82. The molecule has 0 radical (unpaired) electrons. The van der Waals surface area contributed by atoms with Gasteiger partial charge in [0, 0.05) is 0 Å². The van der Waals surface area contributed by atoms with Crippen LogP contribution in [0.3, 0.4) is 0 Å². The summed E-state index contributed by atoms with van der Waals surface area (Å²) in [4.78, 5) is 22.1. The summed E-state index contributed by atoms with van der Waals surface area (Å²) in [6, 6.07) is 0. The van der Waals surface area contributed by atoms with Crippen molar-refractivity contribution in [1.29, 1.82) is 0 Å². The van der Waals surface area contributed by atoms with Crippen molar-refractivity contribution in [2.75, 3.05) is 13.2 Å². The van der Waals surface area contributed by atoms with Crippen LogP contribution in [0.25, 0.3) is 0 Å². The van der Waals surface area contributed by atoms with Gasteiger partial charge in [-0.25, -0.2) is 9.59 Å². The third kappa shape index (κ3) is 5.62. The molecule has 0 fully saturated rings. The standard InChI is InChI=1S/C6H12O10P2S/c7-1-5(11,17)3(9)15-19(13,14)16-4(10)6(12,18)2-8/h7-8,11-12H,1-2,17-18H2. The third-order valence-corrected chi connectivity index (χ3v) is 3.09. The van der Waals surface area contributed by atoms with Crippen molar-refractivity contribution in [3.8, 4) is 0 Å². The predicted molar refractivity (Wildman–Crippen MR) is 64.6 cm³/mol. The summed E-state index contributed by atoms with van der Waals surface area (Å²) in [6.07, 6.45) is 0. The van der Waals surface area contributed by atoms with E-state index in [4.69, 9.17) is 20.4 Å². The summed E-state index contributed by atoms with van der Waals surface area (Å²) >= 11 is 0. The van der Waals surface area contributed by atoms with E-state index in [0.717, 1.165) is 0 Å². The maximum Gasteiger partial charge on any atom is 0.506 e. The average molecular weight is 338 g/mol. The largest absolute Gasteiger partial charge is 0.506 e. The summed E-state index contributed by atoms with van der Waals surface area (Å²) in [5.74, 6) is -3.66. The summed E-state index contributed by atoms with van der Waals surface area (Å²) in [7, 11) is -2.39. The lowest BCUT2D eigenvalue weighted by Gasteiger charge is -2.19. The van der Waals surface area contributed by atoms with Gasteiger partial charge in [0.1, 0.15) is 0 Å². The van der Waals surface area contributed by atoms with E-state index >= 15 is 0 Å². The molecule has 112 valence electrons. The molecule has 0 aromatic carbocycles. The Hall–Kier alpha value is -0.410. The van der Waals surface area contributed by atoms with Gasteiger partial charge in [-0.15, -0.1) is 8.42 Å². The SMILES string of the molecule is O=C(OS(=O)(=O)OC(=O)C(O)(P)CO)C(O)(P)CO. The van der Waals surface area contributed by atoms with Gasteiger partial charge < -0.3 is 28.8 Å². The van der Waals surface area contributed by atoms with Gasteiger partial charge in [0.2, 0.25) is 0 Å². The number of hydrogen-bond acceptors (Lipinski definition) is 10. The van der Waals surface area contributed by atoms with Crippen molar-refractivity contribution in [1.82, 2.24) is 0 Å². The second-order valence-electron chi connectivity index (χ2n) is 3.31. The van der Waals surface area contributed by atoms with Gasteiger partial charge in [-0.05, 0) is 0 Å². The summed E-state index contributed by atoms with van der Waals surface area (Å²) < 4.78 is 29.5. The van der Waals surface area contributed by atoms with Gasteiger partial charge in [0.05, 0.1) is 13.2 Å². The van der Waals surface area contributed by atoms with E-state index in [1.165, 1.54) is 18.5 Å². The van der Waals surface area contributed by atoms with Crippen LogP contribution in [-0.2, 0) is 28.4 Å². The summed E-state index contributed by atoms with van der Waals surface area (Å²) in [6.45, 7) is -2.35. The zero-order valence-electron chi connectivity index (χ0n) is 9.22. The van der Waals surface area contributed by atoms with Crippen molar-refractivity contribution in [2.24, 2.45) is 0 Å². The molecule has 4 unspecified atom stereocenters. The van der Waals surface area contributed by atoms with Crippen molar-refractivity contribution in [2.45, 2.75) is 10.7 Å². The van der Waals surface area contributed by atoms with Crippen LogP contribution in [0, 0.1) is 0 Å². The topological polar surface area (TPSA) is 168 Å². The van der Waals surface area contributed by atoms with Crippen molar-refractivity contribution >= 4 is 40.8 Å². The van der Waals surface area contributed by atoms with E-state index in [2.05, 4.69) is 8.37 Å². The molecule has 0 amide bonds. The van der Waals surface area contributed by atoms with Gasteiger partial charge in [-0.3, -0.25) is 0 Å². The minimum atomic E-state index is -5.23. The number of hydrogen-bond donors (Lipinski definition) is 4. The highest BCUT2D eigenvalue weighted by Gasteiger charge is 2.40. The molecule has 0 aliphatic carbocycles. The summed E-state index contributed by atoms with van der Waals surface area (Å²) in [5, 5.41) is 30.2. The number of aliphatic hydroxyl groups is 4.